The number of aromatic nitrogens is 2. The van der Waals surface area contributed by atoms with Crippen LogP contribution in [-0.2, 0) is 16.0 Å². The molecule has 8 heteroatoms. The summed E-state index contributed by atoms with van der Waals surface area (Å²) >= 11 is 7.33. The monoisotopic (exact) mass is 484 g/mol. The minimum atomic E-state index is -0.714. The van der Waals surface area contributed by atoms with Gasteiger partial charge in [0.1, 0.15) is 11.0 Å². The second kappa shape index (κ2) is 12.5. The number of hydrogen-bond donors (Lipinski definition) is 2. The highest BCUT2D eigenvalue weighted by molar-refractivity contribution is 7.18. The molecule has 0 spiro atoms. The lowest BCUT2D eigenvalue weighted by Crippen LogP contribution is -2.47. The molecule has 2 aromatic carbocycles. The molecule has 0 aliphatic rings. The van der Waals surface area contributed by atoms with Gasteiger partial charge in [0.05, 0.1) is 0 Å². The quantitative estimate of drug-likeness (QED) is 0.363. The number of hydrogen-bond acceptors (Lipinski definition) is 5. The van der Waals surface area contributed by atoms with E-state index in [1.54, 1.807) is 12.1 Å². The first kappa shape index (κ1) is 24.9. The highest BCUT2D eigenvalue weighted by Gasteiger charge is 2.26. The third kappa shape index (κ3) is 7.37. The van der Waals surface area contributed by atoms with Crippen molar-refractivity contribution in [3.8, 4) is 10.6 Å². The summed E-state index contributed by atoms with van der Waals surface area (Å²) in [7, 11) is 0. The second-order valence-corrected chi connectivity index (χ2v) is 9.32. The fourth-order valence-electron chi connectivity index (χ4n) is 3.52. The number of carbonyl (C=O) groups excluding carboxylic acids is 2. The van der Waals surface area contributed by atoms with Crippen LogP contribution in [0.1, 0.15) is 45.1 Å². The van der Waals surface area contributed by atoms with Gasteiger partial charge in [0.15, 0.2) is 0 Å². The summed E-state index contributed by atoms with van der Waals surface area (Å²) < 4.78 is 0. The van der Waals surface area contributed by atoms with E-state index in [0.717, 1.165) is 36.8 Å². The number of amides is 2. The first-order valence-corrected chi connectivity index (χ1v) is 12.4. The van der Waals surface area contributed by atoms with Gasteiger partial charge in [0, 0.05) is 22.9 Å². The molecule has 2 N–H and O–H groups in total. The molecule has 3 rings (SSSR count). The molecule has 0 fully saturated rings. The van der Waals surface area contributed by atoms with Crippen LogP contribution < -0.4 is 10.6 Å². The zero-order chi connectivity index (χ0) is 23.6. The van der Waals surface area contributed by atoms with Crippen LogP contribution >= 0.6 is 22.9 Å². The fraction of sp³-hybridized carbons (Fsp3) is 0.360. The molecule has 6 nitrogen and oxygen atoms in total. The molecule has 0 bridgehead atoms. The van der Waals surface area contributed by atoms with Crippen LogP contribution in [0.3, 0.4) is 0 Å². The normalized spacial score (nSPS) is 12.7. The molecule has 174 valence electrons. The van der Waals surface area contributed by atoms with Gasteiger partial charge in [0.2, 0.25) is 16.9 Å². The summed E-state index contributed by atoms with van der Waals surface area (Å²) in [6.45, 7) is 4.11. The molecule has 0 saturated carbocycles. The van der Waals surface area contributed by atoms with Crippen molar-refractivity contribution < 1.29 is 9.59 Å². The molecular weight excluding hydrogens is 456 g/mol. The largest absolute Gasteiger partial charge is 0.344 e. The summed E-state index contributed by atoms with van der Waals surface area (Å²) in [5.74, 6) is -0.503. The van der Waals surface area contributed by atoms with E-state index < -0.39 is 6.04 Å². The van der Waals surface area contributed by atoms with E-state index in [-0.39, 0.29) is 17.7 Å². The summed E-state index contributed by atoms with van der Waals surface area (Å²) in [4.78, 5) is 26.1. The summed E-state index contributed by atoms with van der Waals surface area (Å²) in [5, 5.41) is 15.7. The van der Waals surface area contributed by atoms with Crippen LogP contribution in [0.2, 0.25) is 5.02 Å². The number of anilines is 1. The third-order valence-electron chi connectivity index (χ3n) is 5.41. The molecular formula is C25H29ClN4O2S. The van der Waals surface area contributed by atoms with Gasteiger partial charge < -0.3 is 5.32 Å². The van der Waals surface area contributed by atoms with E-state index in [0.29, 0.717) is 21.6 Å². The number of nitrogens with zero attached hydrogens (tertiary/aromatic N) is 2. The van der Waals surface area contributed by atoms with Crippen molar-refractivity contribution in [1.29, 1.82) is 0 Å². The van der Waals surface area contributed by atoms with Gasteiger partial charge in [0.25, 0.3) is 0 Å². The first-order valence-electron chi connectivity index (χ1n) is 11.2. The van der Waals surface area contributed by atoms with Crippen molar-refractivity contribution in [3.05, 3.63) is 65.2 Å². The Hall–Kier alpha value is -2.77. The molecule has 0 radical (unpaired) electrons. The highest BCUT2D eigenvalue weighted by Crippen LogP contribution is 2.28. The molecule has 2 amide bonds. The van der Waals surface area contributed by atoms with Crippen LogP contribution in [0, 0.1) is 5.92 Å². The van der Waals surface area contributed by atoms with Crippen molar-refractivity contribution in [2.45, 2.75) is 52.0 Å². The molecule has 1 heterocycles. The van der Waals surface area contributed by atoms with E-state index in [4.69, 9.17) is 11.6 Å². The first-order chi connectivity index (χ1) is 16.0. The van der Waals surface area contributed by atoms with Crippen molar-refractivity contribution in [3.63, 3.8) is 0 Å². The van der Waals surface area contributed by atoms with Crippen molar-refractivity contribution in [2.24, 2.45) is 5.92 Å². The van der Waals surface area contributed by atoms with Gasteiger partial charge in [-0.15, -0.1) is 10.2 Å². The molecule has 2 unspecified atom stereocenters. The zero-order valence-electron chi connectivity index (χ0n) is 18.9. The molecule has 2 atom stereocenters. The SMILES string of the molecule is CCCCC(CC)C(=O)NC(Cc1ccccc1)C(=O)Nc1nnc(-c2cccc(Cl)c2)s1. The molecule has 33 heavy (non-hydrogen) atoms. The smallest absolute Gasteiger partial charge is 0.249 e. The van der Waals surface area contributed by atoms with Crippen LogP contribution in [-0.4, -0.2) is 28.1 Å². The van der Waals surface area contributed by atoms with E-state index >= 15 is 0 Å². The van der Waals surface area contributed by atoms with Gasteiger partial charge in [-0.3, -0.25) is 14.9 Å². The number of benzene rings is 2. The van der Waals surface area contributed by atoms with Crippen molar-refractivity contribution in [1.82, 2.24) is 15.5 Å². The average Bonchev–Trinajstić information content (AvgIpc) is 3.28. The van der Waals surface area contributed by atoms with E-state index in [1.165, 1.54) is 11.3 Å². The van der Waals surface area contributed by atoms with Crippen molar-refractivity contribution >= 4 is 39.9 Å². The number of rotatable bonds is 11. The minimum absolute atomic E-state index is 0.0843. The Kier molecular flexibility index (Phi) is 9.39. The predicted molar refractivity (Wildman–Crippen MR) is 134 cm³/mol. The Morgan fingerprint density at radius 1 is 1.03 bits per heavy atom. The van der Waals surface area contributed by atoms with Crippen LogP contribution in [0.25, 0.3) is 10.6 Å². The van der Waals surface area contributed by atoms with Gasteiger partial charge >= 0.3 is 0 Å². The van der Waals surface area contributed by atoms with Gasteiger partial charge in [-0.2, -0.15) is 0 Å². The maximum absolute atomic E-state index is 13.2. The van der Waals surface area contributed by atoms with Crippen LogP contribution in [0.5, 0.6) is 0 Å². The predicted octanol–water partition coefficient (Wildman–Crippen LogP) is 5.74. The third-order valence-corrected chi connectivity index (χ3v) is 6.53. The topological polar surface area (TPSA) is 84.0 Å². The lowest BCUT2D eigenvalue weighted by molar-refractivity contribution is -0.129. The summed E-state index contributed by atoms with van der Waals surface area (Å²) in [6, 6.07) is 16.3. The fourth-order valence-corrected chi connectivity index (χ4v) is 4.46. The number of unbranched alkanes of at least 4 members (excludes halogenated alkanes) is 1. The van der Waals surface area contributed by atoms with Gasteiger partial charge in [-0.05, 0) is 30.5 Å². The Bertz CT molecular complexity index is 1060. The Morgan fingerprint density at radius 2 is 1.82 bits per heavy atom. The van der Waals surface area contributed by atoms with E-state index in [9.17, 15) is 9.59 Å². The second-order valence-electron chi connectivity index (χ2n) is 7.91. The molecule has 1 aromatic heterocycles. The zero-order valence-corrected chi connectivity index (χ0v) is 20.5. The maximum Gasteiger partial charge on any atom is 0.249 e. The van der Waals surface area contributed by atoms with Crippen LogP contribution in [0.4, 0.5) is 5.13 Å². The standard InChI is InChI=1S/C25H29ClN4O2S/c1-3-5-12-18(4-2)22(31)27-21(15-17-10-7-6-8-11-17)23(32)28-25-30-29-24(33-25)19-13-9-14-20(26)16-19/h6-11,13-14,16,18,21H,3-5,12,15H2,1-2H3,(H,27,31)(H,28,30,32). The number of nitrogens with one attached hydrogen (secondary N) is 2. The molecule has 3 aromatic rings. The molecule has 0 aliphatic heterocycles. The van der Waals surface area contributed by atoms with E-state index in [2.05, 4.69) is 27.8 Å². The Morgan fingerprint density at radius 3 is 2.52 bits per heavy atom. The molecule has 0 aliphatic carbocycles. The highest BCUT2D eigenvalue weighted by atomic mass is 35.5. The number of halogens is 1. The van der Waals surface area contributed by atoms with Gasteiger partial charge in [-0.1, -0.05) is 92.1 Å². The summed E-state index contributed by atoms with van der Waals surface area (Å²) in [6.07, 6.45) is 3.97. The minimum Gasteiger partial charge on any atom is -0.344 e. The lowest BCUT2D eigenvalue weighted by Gasteiger charge is -2.21. The average molecular weight is 485 g/mol. The van der Waals surface area contributed by atoms with Crippen molar-refractivity contribution in [2.75, 3.05) is 5.32 Å². The van der Waals surface area contributed by atoms with Crippen LogP contribution in [0.15, 0.2) is 54.6 Å². The number of carbonyl (C=O) groups is 2. The maximum atomic E-state index is 13.2. The van der Waals surface area contributed by atoms with Gasteiger partial charge in [-0.25, -0.2) is 0 Å². The molecule has 0 saturated heterocycles. The lowest BCUT2D eigenvalue weighted by atomic mass is 9.97. The summed E-state index contributed by atoms with van der Waals surface area (Å²) in [5.41, 5.74) is 1.80. The van der Waals surface area contributed by atoms with E-state index in [1.807, 2.05) is 49.4 Å². The Balaban J connectivity index is 1.74. The Labute approximate surface area is 203 Å².